The maximum atomic E-state index is 2.38. The number of benzene rings is 2. The van der Waals surface area contributed by atoms with Crippen LogP contribution in [0.4, 0.5) is 0 Å². The molecule has 0 radical (unpaired) electrons. The van der Waals surface area contributed by atoms with Crippen molar-refractivity contribution in [3.8, 4) is 0 Å². The normalized spacial score (nSPS) is 23.2. The Labute approximate surface area is 114 Å². The predicted molar refractivity (Wildman–Crippen MR) is 81.1 cm³/mol. The molecule has 0 saturated carbocycles. The molecule has 0 heterocycles. The summed E-state index contributed by atoms with van der Waals surface area (Å²) in [6, 6.07) is 17.6. The van der Waals surface area contributed by atoms with E-state index in [-0.39, 0.29) is 0 Å². The number of hydrogen-bond donors (Lipinski definition) is 0. The number of rotatable bonds is 1. The second-order valence-corrected chi connectivity index (χ2v) is 5.39. The minimum absolute atomic E-state index is 0.530. The van der Waals surface area contributed by atoms with Crippen LogP contribution in [-0.2, 0) is 0 Å². The highest BCUT2D eigenvalue weighted by Crippen LogP contribution is 2.45. The molecule has 0 heteroatoms. The molecule has 0 aromatic heterocycles. The van der Waals surface area contributed by atoms with Crippen LogP contribution in [0.1, 0.15) is 40.5 Å². The largest absolute Gasteiger partial charge is 0.0833 e. The summed E-state index contributed by atoms with van der Waals surface area (Å²) in [5, 5.41) is 0. The third kappa shape index (κ3) is 1.67. The number of fused-ring (bicyclic) bond motifs is 2. The molecule has 92 valence electrons. The lowest BCUT2D eigenvalue weighted by Gasteiger charge is -2.27. The zero-order chi connectivity index (χ0) is 12.7. The zero-order valence-electron chi connectivity index (χ0n) is 10.8. The van der Waals surface area contributed by atoms with Crippen LogP contribution in [0.5, 0.6) is 0 Å². The van der Waals surface area contributed by atoms with Crippen LogP contribution < -0.4 is 0 Å². The summed E-state index contributed by atoms with van der Waals surface area (Å²) < 4.78 is 0. The summed E-state index contributed by atoms with van der Waals surface area (Å²) in [6.07, 6.45) is 10.4. The van der Waals surface area contributed by atoms with Crippen LogP contribution in [0.15, 0.2) is 60.7 Å². The van der Waals surface area contributed by atoms with Gasteiger partial charge in [0.1, 0.15) is 0 Å². The fraction of sp³-hybridized carbons (Fsp3) is 0.158. The molecule has 0 N–H and O–H groups in total. The summed E-state index contributed by atoms with van der Waals surface area (Å²) in [5.41, 5.74) is 5.75. The summed E-state index contributed by atoms with van der Waals surface area (Å²) in [6.45, 7) is 0. The molecule has 2 aliphatic carbocycles. The van der Waals surface area contributed by atoms with Crippen molar-refractivity contribution in [3.05, 3.63) is 82.9 Å². The van der Waals surface area contributed by atoms with E-state index in [4.69, 9.17) is 0 Å². The molecule has 2 aliphatic rings. The molecule has 0 amide bonds. The maximum absolute atomic E-state index is 2.38. The molecular formula is C19H16. The lowest BCUT2D eigenvalue weighted by Crippen LogP contribution is -2.11. The van der Waals surface area contributed by atoms with Crippen molar-refractivity contribution >= 4 is 12.2 Å². The summed E-state index contributed by atoms with van der Waals surface area (Å²) >= 11 is 0. The molecule has 0 fully saturated rings. The Hall–Kier alpha value is -2.08. The third-order valence-electron chi connectivity index (χ3n) is 4.35. The van der Waals surface area contributed by atoms with Crippen LogP contribution in [0.3, 0.4) is 0 Å². The zero-order valence-corrected chi connectivity index (χ0v) is 10.8. The van der Waals surface area contributed by atoms with Gasteiger partial charge < -0.3 is 0 Å². The average molecular weight is 244 g/mol. The SMILES string of the molecule is C1=Cc2ccccc2C(C2C=Cc3ccccc32)C1. The highest BCUT2D eigenvalue weighted by molar-refractivity contribution is 5.65. The van der Waals surface area contributed by atoms with Gasteiger partial charge in [0.2, 0.25) is 0 Å². The van der Waals surface area contributed by atoms with Gasteiger partial charge in [0, 0.05) is 5.92 Å². The van der Waals surface area contributed by atoms with E-state index in [1.807, 2.05) is 0 Å². The number of allylic oxidation sites excluding steroid dienone is 2. The van der Waals surface area contributed by atoms with Gasteiger partial charge in [-0.05, 0) is 34.6 Å². The second-order valence-electron chi connectivity index (χ2n) is 5.39. The number of hydrogen-bond acceptors (Lipinski definition) is 0. The van der Waals surface area contributed by atoms with E-state index in [1.54, 1.807) is 0 Å². The summed E-state index contributed by atoms with van der Waals surface area (Å²) in [4.78, 5) is 0. The van der Waals surface area contributed by atoms with Gasteiger partial charge in [-0.1, -0.05) is 72.8 Å². The summed E-state index contributed by atoms with van der Waals surface area (Å²) in [5.74, 6) is 1.11. The van der Waals surface area contributed by atoms with Crippen LogP contribution in [0, 0.1) is 0 Å². The van der Waals surface area contributed by atoms with E-state index in [2.05, 4.69) is 72.8 Å². The van der Waals surface area contributed by atoms with Gasteiger partial charge in [-0.25, -0.2) is 0 Å². The van der Waals surface area contributed by atoms with Gasteiger partial charge in [-0.3, -0.25) is 0 Å². The minimum Gasteiger partial charge on any atom is -0.0833 e. The van der Waals surface area contributed by atoms with E-state index in [0.29, 0.717) is 11.8 Å². The molecule has 2 aromatic rings. The van der Waals surface area contributed by atoms with Crippen molar-refractivity contribution < 1.29 is 0 Å². The van der Waals surface area contributed by atoms with Crippen molar-refractivity contribution in [2.75, 3.05) is 0 Å². The van der Waals surface area contributed by atoms with Crippen molar-refractivity contribution in [3.63, 3.8) is 0 Å². The van der Waals surface area contributed by atoms with Gasteiger partial charge in [0.25, 0.3) is 0 Å². The lowest BCUT2D eigenvalue weighted by atomic mass is 9.76. The van der Waals surface area contributed by atoms with Crippen molar-refractivity contribution in [1.82, 2.24) is 0 Å². The Bertz CT molecular complexity index is 676. The van der Waals surface area contributed by atoms with Gasteiger partial charge in [0.15, 0.2) is 0 Å². The fourth-order valence-electron chi connectivity index (χ4n) is 3.44. The van der Waals surface area contributed by atoms with E-state index in [9.17, 15) is 0 Å². The topological polar surface area (TPSA) is 0 Å². The molecule has 2 atom stereocenters. The van der Waals surface area contributed by atoms with E-state index in [1.165, 1.54) is 22.3 Å². The molecule has 2 aromatic carbocycles. The quantitative estimate of drug-likeness (QED) is 0.662. The Balaban J connectivity index is 1.80. The van der Waals surface area contributed by atoms with Gasteiger partial charge in [0.05, 0.1) is 0 Å². The highest BCUT2D eigenvalue weighted by Gasteiger charge is 2.28. The highest BCUT2D eigenvalue weighted by atomic mass is 14.3. The molecule has 0 nitrogen and oxygen atoms in total. The standard InChI is InChI=1S/C19H16/c1-3-9-16-14(6-1)8-5-11-18(16)19-13-12-15-7-2-4-10-17(15)19/h1-10,12-13,18-19H,11H2. The third-order valence-corrected chi connectivity index (χ3v) is 4.35. The van der Waals surface area contributed by atoms with Gasteiger partial charge in [-0.2, -0.15) is 0 Å². The maximum Gasteiger partial charge on any atom is 0.00991 e. The van der Waals surface area contributed by atoms with Gasteiger partial charge >= 0.3 is 0 Å². The molecule has 0 spiro atoms. The lowest BCUT2D eigenvalue weighted by molar-refractivity contribution is 0.628. The van der Waals surface area contributed by atoms with E-state index >= 15 is 0 Å². The summed E-state index contributed by atoms with van der Waals surface area (Å²) in [7, 11) is 0. The first-order valence-electron chi connectivity index (χ1n) is 6.96. The van der Waals surface area contributed by atoms with E-state index in [0.717, 1.165) is 6.42 Å². The first-order valence-corrected chi connectivity index (χ1v) is 6.96. The first-order chi connectivity index (χ1) is 9.43. The van der Waals surface area contributed by atoms with Crippen molar-refractivity contribution in [2.24, 2.45) is 0 Å². The fourth-order valence-corrected chi connectivity index (χ4v) is 3.44. The molecular weight excluding hydrogens is 228 g/mol. The van der Waals surface area contributed by atoms with Crippen LogP contribution in [0.2, 0.25) is 0 Å². The molecule has 19 heavy (non-hydrogen) atoms. The smallest absolute Gasteiger partial charge is 0.00991 e. The minimum atomic E-state index is 0.530. The van der Waals surface area contributed by atoms with Gasteiger partial charge in [-0.15, -0.1) is 0 Å². The molecule has 0 aliphatic heterocycles. The average Bonchev–Trinajstić information content (AvgIpc) is 2.90. The van der Waals surface area contributed by atoms with Crippen LogP contribution in [-0.4, -0.2) is 0 Å². The molecule has 2 unspecified atom stereocenters. The molecule has 0 bridgehead atoms. The van der Waals surface area contributed by atoms with Crippen LogP contribution >= 0.6 is 0 Å². The molecule has 0 saturated heterocycles. The van der Waals surface area contributed by atoms with Crippen LogP contribution in [0.25, 0.3) is 12.2 Å². The Morgan fingerprint density at radius 3 is 2.26 bits per heavy atom. The Morgan fingerprint density at radius 2 is 1.42 bits per heavy atom. The van der Waals surface area contributed by atoms with E-state index < -0.39 is 0 Å². The monoisotopic (exact) mass is 244 g/mol. The van der Waals surface area contributed by atoms with Crippen molar-refractivity contribution in [1.29, 1.82) is 0 Å². The van der Waals surface area contributed by atoms with Crippen molar-refractivity contribution in [2.45, 2.75) is 18.3 Å². The second kappa shape index (κ2) is 4.24. The Morgan fingerprint density at radius 1 is 0.737 bits per heavy atom. The Kier molecular flexibility index (Phi) is 2.41. The molecule has 4 rings (SSSR count). The predicted octanol–water partition coefficient (Wildman–Crippen LogP) is 5.00. The first kappa shape index (κ1) is 10.8.